The van der Waals surface area contributed by atoms with Crippen LogP contribution in [0, 0.1) is 16.0 Å². The Morgan fingerprint density at radius 1 is 1.21 bits per heavy atom. The summed E-state index contributed by atoms with van der Waals surface area (Å²) in [7, 11) is 0. The highest BCUT2D eigenvalue weighted by molar-refractivity contribution is 6.06. The molecule has 2 heterocycles. The van der Waals surface area contributed by atoms with Gasteiger partial charge in [0.2, 0.25) is 6.79 Å². The summed E-state index contributed by atoms with van der Waals surface area (Å²) in [5.41, 5.74) is 7.29. The zero-order valence-corrected chi connectivity index (χ0v) is 16.0. The number of ether oxygens (including phenoxy) is 2. The molecule has 0 atom stereocenters. The molecule has 2 aliphatic heterocycles. The van der Waals surface area contributed by atoms with Crippen molar-refractivity contribution in [1.29, 1.82) is 0 Å². The predicted molar refractivity (Wildman–Crippen MR) is 109 cm³/mol. The van der Waals surface area contributed by atoms with E-state index in [9.17, 15) is 14.9 Å². The van der Waals surface area contributed by atoms with Gasteiger partial charge in [-0.15, -0.1) is 0 Å². The zero-order valence-electron chi connectivity index (χ0n) is 16.0. The van der Waals surface area contributed by atoms with Crippen LogP contribution in [-0.2, 0) is 0 Å². The molecule has 2 aliphatic rings. The summed E-state index contributed by atoms with van der Waals surface area (Å²) >= 11 is 0. The normalized spacial score (nSPS) is 16.0. The van der Waals surface area contributed by atoms with Crippen LogP contribution in [0.25, 0.3) is 0 Å². The van der Waals surface area contributed by atoms with E-state index in [1.807, 2.05) is 4.90 Å². The van der Waals surface area contributed by atoms with Crippen molar-refractivity contribution < 1.29 is 19.2 Å². The first-order valence-electron chi connectivity index (χ1n) is 9.46. The first kappa shape index (κ1) is 18.9. The van der Waals surface area contributed by atoms with Crippen LogP contribution in [0.1, 0.15) is 30.1 Å². The Bertz CT molecular complexity index is 970. The van der Waals surface area contributed by atoms with Gasteiger partial charge in [-0.1, -0.05) is 6.92 Å². The first-order valence-corrected chi connectivity index (χ1v) is 9.46. The second-order valence-electron chi connectivity index (χ2n) is 7.38. The van der Waals surface area contributed by atoms with E-state index in [2.05, 4.69) is 12.2 Å². The predicted octanol–water partition coefficient (Wildman–Crippen LogP) is 3.39. The van der Waals surface area contributed by atoms with Crippen molar-refractivity contribution in [3.05, 3.63) is 46.0 Å². The molecular formula is C20H22N4O5. The summed E-state index contributed by atoms with van der Waals surface area (Å²) in [5, 5.41) is 14.3. The number of rotatable bonds is 4. The van der Waals surface area contributed by atoms with Crippen molar-refractivity contribution in [3.63, 3.8) is 0 Å². The van der Waals surface area contributed by atoms with Crippen molar-refractivity contribution in [1.82, 2.24) is 0 Å². The van der Waals surface area contributed by atoms with E-state index in [1.165, 1.54) is 6.07 Å². The molecule has 3 N–H and O–H groups in total. The molecule has 4 rings (SSSR count). The second kappa shape index (κ2) is 7.50. The number of fused-ring (bicyclic) bond motifs is 1. The molecular weight excluding hydrogens is 376 g/mol. The van der Waals surface area contributed by atoms with Crippen LogP contribution in [0.3, 0.4) is 0 Å². The Morgan fingerprint density at radius 3 is 2.59 bits per heavy atom. The first-order chi connectivity index (χ1) is 13.9. The number of nitrogen functional groups attached to an aromatic ring is 1. The van der Waals surface area contributed by atoms with Crippen LogP contribution < -0.4 is 25.4 Å². The number of nitrogens with zero attached hydrogens (tertiary/aromatic N) is 2. The topological polar surface area (TPSA) is 120 Å². The lowest BCUT2D eigenvalue weighted by Crippen LogP contribution is -2.33. The molecule has 1 fully saturated rings. The number of piperidine rings is 1. The molecule has 9 heteroatoms. The van der Waals surface area contributed by atoms with Crippen molar-refractivity contribution in [2.75, 3.05) is 35.8 Å². The Kier molecular flexibility index (Phi) is 4.87. The maximum atomic E-state index is 12.7. The molecule has 0 unspecified atom stereocenters. The quantitative estimate of drug-likeness (QED) is 0.460. The van der Waals surface area contributed by atoms with Crippen LogP contribution in [0.4, 0.5) is 22.7 Å². The zero-order chi connectivity index (χ0) is 20.5. The Labute approximate surface area is 167 Å². The van der Waals surface area contributed by atoms with Crippen LogP contribution in [-0.4, -0.2) is 30.7 Å². The number of nitro groups is 1. The highest BCUT2D eigenvalue weighted by Crippen LogP contribution is 2.38. The molecule has 152 valence electrons. The van der Waals surface area contributed by atoms with Crippen molar-refractivity contribution in [2.24, 2.45) is 5.92 Å². The lowest BCUT2D eigenvalue weighted by Gasteiger charge is -2.31. The van der Waals surface area contributed by atoms with E-state index < -0.39 is 10.8 Å². The number of nitrogens with one attached hydrogen (secondary N) is 1. The standard InChI is InChI=1S/C20H22N4O5/c1-12-4-6-23(7-5-12)16-3-2-13(8-17(16)24(26)27)20(25)22-15-10-19-18(9-14(15)21)28-11-29-19/h2-3,8-10,12H,4-7,11,21H2,1H3,(H,22,25). The summed E-state index contributed by atoms with van der Waals surface area (Å²) in [6, 6.07) is 7.70. The summed E-state index contributed by atoms with van der Waals surface area (Å²) in [6.45, 7) is 3.80. The van der Waals surface area contributed by atoms with Gasteiger partial charge < -0.3 is 25.4 Å². The fourth-order valence-electron chi connectivity index (χ4n) is 3.59. The van der Waals surface area contributed by atoms with Crippen LogP contribution >= 0.6 is 0 Å². The molecule has 0 aromatic heterocycles. The van der Waals surface area contributed by atoms with Crippen molar-refractivity contribution >= 4 is 28.7 Å². The molecule has 1 saturated heterocycles. The third-order valence-electron chi connectivity index (χ3n) is 5.35. The van der Waals surface area contributed by atoms with Crippen molar-refractivity contribution in [2.45, 2.75) is 19.8 Å². The minimum Gasteiger partial charge on any atom is -0.454 e. The molecule has 29 heavy (non-hydrogen) atoms. The number of nitro benzene ring substituents is 1. The molecule has 1 amide bonds. The lowest BCUT2D eigenvalue weighted by atomic mass is 9.98. The van der Waals surface area contributed by atoms with Gasteiger partial charge in [0.25, 0.3) is 11.6 Å². The van der Waals surface area contributed by atoms with E-state index in [0.29, 0.717) is 34.5 Å². The molecule has 2 aromatic carbocycles. The average Bonchev–Trinajstić information content (AvgIpc) is 3.15. The number of hydrogen-bond donors (Lipinski definition) is 2. The third kappa shape index (κ3) is 3.75. The van der Waals surface area contributed by atoms with Crippen molar-refractivity contribution in [3.8, 4) is 11.5 Å². The van der Waals surface area contributed by atoms with Gasteiger partial charge in [0.05, 0.1) is 16.3 Å². The molecule has 0 aliphatic carbocycles. The van der Waals surface area contributed by atoms with E-state index in [0.717, 1.165) is 25.9 Å². The highest BCUT2D eigenvalue weighted by atomic mass is 16.7. The second-order valence-corrected chi connectivity index (χ2v) is 7.38. The van der Waals surface area contributed by atoms with Gasteiger partial charge in [-0.25, -0.2) is 0 Å². The average molecular weight is 398 g/mol. The molecule has 2 aromatic rings. The van der Waals surface area contributed by atoms with Crippen LogP contribution in [0.15, 0.2) is 30.3 Å². The van der Waals surface area contributed by atoms with Gasteiger partial charge in [0, 0.05) is 36.9 Å². The summed E-state index contributed by atoms with van der Waals surface area (Å²) in [5.74, 6) is 1.12. The monoisotopic (exact) mass is 398 g/mol. The largest absolute Gasteiger partial charge is 0.454 e. The minimum atomic E-state index is -0.488. The Balaban J connectivity index is 1.58. The smallest absolute Gasteiger partial charge is 0.293 e. The van der Waals surface area contributed by atoms with Gasteiger partial charge in [0.1, 0.15) is 5.69 Å². The van der Waals surface area contributed by atoms with E-state index in [1.54, 1.807) is 24.3 Å². The number of anilines is 3. The lowest BCUT2D eigenvalue weighted by molar-refractivity contribution is -0.384. The van der Waals surface area contributed by atoms with Gasteiger partial charge in [-0.2, -0.15) is 0 Å². The van der Waals surface area contributed by atoms with E-state index in [4.69, 9.17) is 15.2 Å². The van der Waals surface area contributed by atoms with Gasteiger partial charge in [-0.3, -0.25) is 14.9 Å². The molecule has 9 nitrogen and oxygen atoms in total. The summed E-state index contributed by atoms with van der Waals surface area (Å²) in [4.78, 5) is 25.9. The number of benzene rings is 2. The molecule has 0 saturated carbocycles. The summed E-state index contributed by atoms with van der Waals surface area (Å²) < 4.78 is 10.5. The molecule has 0 bridgehead atoms. The number of carbonyl (C=O) groups is 1. The van der Waals surface area contributed by atoms with E-state index in [-0.39, 0.29) is 18.0 Å². The van der Waals surface area contributed by atoms with Gasteiger partial charge >= 0.3 is 0 Å². The van der Waals surface area contributed by atoms with Crippen LogP contribution in [0.2, 0.25) is 0 Å². The number of amides is 1. The fraction of sp³-hybridized carbons (Fsp3) is 0.350. The van der Waals surface area contributed by atoms with Gasteiger partial charge in [0.15, 0.2) is 11.5 Å². The maximum absolute atomic E-state index is 12.7. The van der Waals surface area contributed by atoms with E-state index >= 15 is 0 Å². The third-order valence-corrected chi connectivity index (χ3v) is 5.35. The maximum Gasteiger partial charge on any atom is 0.293 e. The van der Waals surface area contributed by atoms with Crippen LogP contribution in [0.5, 0.6) is 11.5 Å². The minimum absolute atomic E-state index is 0.0779. The van der Waals surface area contributed by atoms with Gasteiger partial charge in [-0.05, 0) is 30.9 Å². The number of nitrogens with two attached hydrogens (primary N) is 1. The Morgan fingerprint density at radius 2 is 1.90 bits per heavy atom. The number of hydrogen-bond acceptors (Lipinski definition) is 7. The Hall–Kier alpha value is -3.49. The SMILES string of the molecule is CC1CCN(c2ccc(C(=O)Nc3cc4c(cc3N)OCO4)cc2[N+](=O)[O-])CC1. The molecule has 0 radical (unpaired) electrons. The molecule has 0 spiro atoms. The highest BCUT2D eigenvalue weighted by Gasteiger charge is 2.25. The summed E-state index contributed by atoms with van der Waals surface area (Å²) in [6.07, 6.45) is 1.98. The number of carbonyl (C=O) groups excluding carboxylic acids is 1. The fourth-order valence-corrected chi connectivity index (χ4v) is 3.59.